The lowest BCUT2D eigenvalue weighted by Gasteiger charge is -2.41. The highest BCUT2D eigenvalue weighted by Gasteiger charge is 2.27. The lowest BCUT2D eigenvalue weighted by Crippen LogP contribution is -2.54. The predicted molar refractivity (Wildman–Crippen MR) is 85.2 cm³/mol. The van der Waals surface area contributed by atoms with Crippen LogP contribution in [-0.4, -0.2) is 30.2 Å². The second kappa shape index (κ2) is 6.34. The zero-order valence-electron chi connectivity index (χ0n) is 13.1. The second-order valence-electron chi connectivity index (χ2n) is 6.42. The van der Waals surface area contributed by atoms with Crippen LogP contribution in [0.5, 0.6) is 5.75 Å². The van der Waals surface area contributed by atoms with E-state index in [9.17, 15) is 0 Å². The normalized spacial score (nSPS) is 27.2. The van der Waals surface area contributed by atoms with Gasteiger partial charge in [0.25, 0.3) is 0 Å². The number of fused-ring (bicyclic) bond motifs is 1. The highest BCUT2D eigenvalue weighted by Crippen LogP contribution is 2.29. The summed E-state index contributed by atoms with van der Waals surface area (Å²) < 4.78 is 5.59. The van der Waals surface area contributed by atoms with Gasteiger partial charge in [0.2, 0.25) is 0 Å². The summed E-state index contributed by atoms with van der Waals surface area (Å²) in [4.78, 5) is 0. The molecule has 21 heavy (non-hydrogen) atoms. The van der Waals surface area contributed by atoms with Crippen LogP contribution in [0.1, 0.15) is 50.3 Å². The lowest BCUT2D eigenvalue weighted by molar-refractivity contribution is 0.0304. The minimum Gasteiger partial charge on any atom is -0.493 e. The maximum atomic E-state index is 6.04. The molecule has 1 aromatic rings. The maximum Gasteiger partial charge on any atom is 0.122 e. The molecule has 4 nitrogen and oxygen atoms in total. The van der Waals surface area contributed by atoms with E-state index in [4.69, 9.17) is 10.5 Å². The number of hydrazine groups is 1. The van der Waals surface area contributed by atoms with Crippen LogP contribution < -0.4 is 15.9 Å². The molecule has 1 fully saturated rings. The molecule has 0 amide bonds. The van der Waals surface area contributed by atoms with Crippen LogP contribution in [0, 0.1) is 0 Å². The van der Waals surface area contributed by atoms with Crippen molar-refractivity contribution < 1.29 is 4.74 Å². The maximum absolute atomic E-state index is 6.04. The zero-order valence-corrected chi connectivity index (χ0v) is 13.1. The number of nitrogens with two attached hydrogens (primary N) is 1. The fraction of sp³-hybridized carbons (Fsp3) is 0.647. The van der Waals surface area contributed by atoms with E-state index in [0.29, 0.717) is 18.6 Å². The molecule has 0 spiro atoms. The van der Waals surface area contributed by atoms with Gasteiger partial charge >= 0.3 is 0 Å². The molecular weight excluding hydrogens is 262 g/mol. The summed E-state index contributed by atoms with van der Waals surface area (Å²) in [5, 5.41) is 2.41. The smallest absolute Gasteiger partial charge is 0.122 e. The summed E-state index contributed by atoms with van der Waals surface area (Å²) >= 11 is 0. The van der Waals surface area contributed by atoms with Crippen LogP contribution in [0.3, 0.4) is 0 Å². The van der Waals surface area contributed by atoms with Gasteiger partial charge in [-0.3, -0.25) is 0 Å². The standard InChI is InChI=1S/C17H27N3O/c1-12-4-3-5-13(2)20(12)19-16(11-18)14-6-7-17-15(10-14)8-9-21-17/h6-7,10,12-13,16,19H,3-5,8-9,11,18H2,1-2H3. The highest BCUT2D eigenvalue weighted by molar-refractivity contribution is 5.40. The van der Waals surface area contributed by atoms with Gasteiger partial charge in [-0.2, -0.15) is 0 Å². The largest absolute Gasteiger partial charge is 0.493 e. The van der Waals surface area contributed by atoms with E-state index in [1.54, 1.807) is 0 Å². The molecular formula is C17H27N3O. The Morgan fingerprint density at radius 2 is 2.10 bits per heavy atom. The fourth-order valence-corrected chi connectivity index (χ4v) is 3.54. The molecule has 0 saturated carbocycles. The van der Waals surface area contributed by atoms with E-state index < -0.39 is 0 Å². The molecule has 2 aliphatic rings. The third kappa shape index (κ3) is 3.07. The van der Waals surface area contributed by atoms with Crippen molar-refractivity contribution in [2.45, 2.75) is 57.7 Å². The minimum absolute atomic E-state index is 0.180. The number of rotatable bonds is 4. The Morgan fingerprint density at radius 1 is 1.33 bits per heavy atom. The quantitative estimate of drug-likeness (QED) is 0.893. The summed E-state index contributed by atoms with van der Waals surface area (Å²) in [5.41, 5.74) is 12.3. The Hall–Kier alpha value is -1.10. The van der Waals surface area contributed by atoms with Crippen molar-refractivity contribution in [3.63, 3.8) is 0 Å². The molecule has 4 heteroatoms. The topological polar surface area (TPSA) is 50.5 Å². The first-order valence-corrected chi connectivity index (χ1v) is 8.19. The van der Waals surface area contributed by atoms with Gasteiger partial charge in [-0.1, -0.05) is 18.6 Å². The van der Waals surface area contributed by atoms with Crippen LogP contribution in [-0.2, 0) is 6.42 Å². The van der Waals surface area contributed by atoms with Gasteiger partial charge in [-0.15, -0.1) is 0 Å². The molecule has 3 N–H and O–H groups in total. The Balaban J connectivity index is 1.75. The number of hydrogen-bond acceptors (Lipinski definition) is 4. The van der Waals surface area contributed by atoms with Crippen LogP contribution in [0.25, 0.3) is 0 Å². The molecule has 0 aliphatic carbocycles. The minimum atomic E-state index is 0.180. The van der Waals surface area contributed by atoms with Gasteiger partial charge < -0.3 is 10.5 Å². The van der Waals surface area contributed by atoms with E-state index in [-0.39, 0.29) is 6.04 Å². The highest BCUT2D eigenvalue weighted by atomic mass is 16.5. The molecule has 0 radical (unpaired) electrons. The van der Waals surface area contributed by atoms with E-state index in [1.807, 2.05) is 0 Å². The molecule has 0 aromatic heterocycles. The SMILES string of the molecule is CC1CCCC(C)N1NC(CN)c1ccc2c(c1)CCO2. The van der Waals surface area contributed by atoms with Gasteiger partial charge in [0.05, 0.1) is 12.6 Å². The molecule has 3 atom stereocenters. The van der Waals surface area contributed by atoms with Crippen LogP contribution in [0.2, 0.25) is 0 Å². The molecule has 3 unspecified atom stereocenters. The number of ether oxygens (including phenoxy) is 1. The van der Waals surface area contributed by atoms with E-state index in [0.717, 1.165) is 18.8 Å². The molecule has 3 rings (SSSR count). The summed E-state index contributed by atoms with van der Waals surface area (Å²) in [7, 11) is 0. The van der Waals surface area contributed by atoms with Crippen LogP contribution >= 0.6 is 0 Å². The Kier molecular flexibility index (Phi) is 4.48. The number of nitrogens with zero attached hydrogens (tertiary/aromatic N) is 1. The summed E-state index contributed by atoms with van der Waals surface area (Å²) in [5.74, 6) is 1.04. The predicted octanol–water partition coefficient (Wildman–Crippen LogP) is 2.39. The van der Waals surface area contributed by atoms with Gasteiger partial charge in [0.1, 0.15) is 5.75 Å². The summed E-state index contributed by atoms with van der Waals surface area (Å²) in [6.07, 6.45) is 4.85. The first-order valence-electron chi connectivity index (χ1n) is 8.19. The fourth-order valence-electron chi connectivity index (χ4n) is 3.54. The molecule has 2 heterocycles. The molecule has 2 aliphatic heterocycles. The van der Waals surface area contributed by atoms with Crippen molar-refractivity contribution >= 4 is 0 Å². The number of nitrogens with one attached hydrogen (secondary N) is 1. The lowest BCUT2D eigenvalue weighted by atomic mass is 9.99. The Labute approximate surface area is 127 Å². The van der Waals surface area contributed by atoms with Crippen molar-refractivity contribution in [2.75, 3.05) is 13.2 Å². The first kappa shape index (κ1) is 14.8. The van der Waals surface area contributed by atoms with Crippen molar-refractivity contribution in [3.8, 4) is 5.75 Å². The Bertz CT molecular complexity index is 481. The van der Waals surface area contributed by atoms with E-state index in [2.05, 4.69) is 42.5 Å². The van der Waals surface area contributed by atoms with Crippen molar-refractivity contribution in [3.05, 3.63) is 29.3 Å². The number of piperidine rings is 1. The molecule has 1 saturated heterocycles. The summed E-state index contributed by atoms with van der Waals surface area (Å²) in [6.45, 7) is 6.01. The third-order valence-corrected chi connectivity index (χ3v) is 4.85. The number of hydrogen-bond donors (Lipinski definition) is 2. The van der Waals surface area contributed by atoms with Crippen molar-refractivity contribution in [2.24, 2.45) is 5.73 Å². The van der Waals surface area contributed by atoms with E-state index in [1.165, 1.54) is 30.4 Å². The van der Waals surface area contributed by atoms with Crippen molar-refractivity contribution in [1.29, 1.82) is 0 Å². The van der Waals surface area contributed by atoms with Crippen LogP contribution in [0.4, 0.5) is 0 Å². The Morgan fingerprint density at radius 3 is 2.81 bits per heavy atom. The monoisotopic (exact) mass is 289 g/mol. The van der Waals surface area contributed by atoms with Crippen LogP contribution in [0.15, 0.2) is 18.2 Å². The average Bonchev–Trinajstić information content (AvgIpc) is 2.94. The first-order chi connectivity index (χ1) is 10.2. The van der Waals surface area contributed by atoms with Gasteiger partial charge in [-0.25, -0.2) is 10.4 Å². The number of benzene rings is 1. The van der Waals surface area contributed by atoms with Gasteiger partial charge in [-0.05, 0) is 43.9 Å². The molecule has 1 aromatic carbocycles. The molecule has 116 valence electrons. The third-order valence-electron chi connectivity index (χ3n) is 4.85. The van der Waals surface area contributed by atoms with Gasteiger partial charge in [0.15, 0.2) is 0 Å². The zero-order chi connectivity index (χ0) is 14.8. The van der Waals surface area contributed by atoms with Crippen molar-refractivity contribution in [1.82, 2.24) is 10.4 Å². The molecule has 0 bridgehead atoms. The van der Waals surface area contributed by atoms with Gasteiger partial charge in [0, 0.05) is 25.0 Å². The summed E-state index contributed by atoms with van der Waals surface area (Å²) in [6, 6.07) is 7.81. The second-order valence-corrected chi connectivity index (χ2v) is 6.42. The van der Waals surface area contributed by atoms with E-state index >= 15 is 0 Å². The average molecular weight is 289 g/mol.